The maximum atomic E-state index is 12.7. The maximum absolute atomic E-state index is 12.7. The van der Waals surface area contributed by atoms with Gasteiger partial charge >= 0.3 is 0 Å². The number of aryl methyl sites for hydroxylation is 1. The first-order valence-electron chi connectivity index (χ1n) is 10.8. The third-order valence-corrected chi connectivity index (χ3v) is 6.15. The fourth-order valence-electron chi connectivity index (χ4n) is 4.33. The summed E-state index contributed by atoms with van der Waals surface area (Å²) in [6, 6.07) is 7.71. The van der Waals surface area contributed by atoms with Gasteiger partial charge in [0.1, 0.15) is 17.7 Å². The van der Waals surface area contributed by atoms with E-state index in [9.17, 15) is 4.79 Å². The fraction of sp³-hybridized carbons (Fsp3) is 0.455. The normalized spacial score (nSPS) is 19.0. The summed E-state index contributed by atoms with van der Waals surface area (Å²) in [7, 11) is 3.43. The Kier molecular flexibility index (Phi) is 5.30. The van der Waals surface area contributed by atoms with Crippen molar-refractivity contribution in [2.45, 2.75) is 18.9 Å². The van der Waals surface area contributed by atoms with E-state index in [1.165, 1.54) is 0 Å². The number of carbonyl (C=O) groups is 1. The van der Waals surface area contributed by atoms with Crippen LogP contribution in [0.2, 0.25) is 0 Å². The first-order valence-corrected chi connectivity index (χ1v) is 10.8. The second-order valence-electron chi connectivity index (χ2n) is 8.13. The van der Waals surface area contributed by atoms with E-state index in [2.05, 4.69) is 10.00 Å². The van der Waals surface area contributed by atoms with Gasteiger partial charge in [-0.3, -0.25) is 9.48 Å². The van der Waals surface area contributed by atoms with Crippen molar-refractivity contribution in [3.8, 4) is 17.0 Å². The molecule has 0 radical (unpaired) electrons. The lowest BCUT2D eigenvalue weighted by molar-refractivity contribution is -0.141. The van der Waals surface area contributed by atoms with Gasteiger partial charge in [-0.15, -0.1) is 0 Å². The van der Waals surface area contributed by atoms with E-state index in [-0.39, 0.29) is 12.0 Å². The standard InChI is InChI=1S/C22H27N7O3/c1-27-19(23)17-18(14-5-3-6-15(13-14)31-2)24-22(25-20(17)26-27)29-10-8-28(9-11-29)21(30)16-7-4-12-32-16/h3,5-6,13,16H,4,7-12,23H2,1-2H3/t16-/m0/s1. The van der Waals surface area contributed by atoms with Gasteiger partial charge in [-0.2, -0.15) is 10.1 Å². The first kappa shape index (κ1) is 20.5. The van der Waals surface area contributed by atoms with Crippen molar-refractivity contribution in [1.82, 2.24) is 24.6 Å². The van der Waals surface area contributed by atoms with E-state index in [1.54, 1.807) is 18.8 Å². The minimum atomic E-state index is -0.287. The summed E-state index contributed by atoms with van der Waals surface area (Å²) < 4.78 is 12.6. The van der Waals surface area contributed by atoms with Gasteiger partial charge < -0.3 is 25.0 Å². The molecule has 168 valence electrons. The molecule has 2 aliphatic rings. The molecule has 1 amide bonds. The zero-order valence-corrected chi connectivity index (χ0v) is 18.3. The molecular formula is C22H27N7O3. The molecule has 2 aromatic heterocycles. The van der Waals surface area contributed by atoms with E-state index >= 15 is 0 Å². The molecule has 0 unspecified atom stereocenters. The Morgan fingerprint density at radius 1 is 1.22 bits per heavy atom. The van der Waals surface area contributed by atoms with Crippen LogP contribution in [0, 0.1) is 0 Å². The van der Waals surface area contributed by atoms with Crippen LogP contribution in [0.15, 0.2) is 24.3 Å². The van der Waals surface area contributed by atoms with Crippen LogP contribution in [0.25, 0.3) is 22.3 Å². The third kappa shape index (κ3) is 3.60. The molecule has 2 aliphatic heterocycles. The van der Waals surface area contributed by atoms with Crippen LogP contribution in [0.3, 0.4) is 0 Å². The van der Waals surface area contributed by atoms with Crippen molar-refractivity contribution in [3.63, 3.8) is 0 Å². The molecule has 4 heterocycles. The Morgan fingerprint density at radius 3 is 2.75 bits per heavy atom. The van der Waals surface area contributed by atoms with Crippen LogP contribution >= 0.6 is 0 Å². The molecule has 1 atom stereocenters. The van der Waals surface area contributed by atoms with Gasteiger partial charge in [0.15, 0.2) is 5.65 Å². The average Bonchev–Trinajstić information content (AvgIpc) is 3.47. The van der Waals surface area contributed by atoms with Crippen LogP contribution in [0.1, 0.15) is 12.8 Å². The van der Waals surface area contributed by atoms with Crippen LogP contribution in [0.5, 0.6) is 5.75 Å². The van der Waals surface area contributed by atoms with E-state index in [4.69, 9.17) is 25.2 Å². The van der Waals surface area contributed by atoms with Crippen molar-refractivity contribution >= 4 is 28.7 Å². The molecule has 3 aromatic rings. The summed E-state index contributed by atoms with van der Waals surface area (Å²) >= 11 is 0. The van der Waals surface area contributed by atoms with Gasteiger partial charge in [0, 0.05) is 45.4 Å². The number of hydrogen-bond donors (Lipinski definition) is 1. The number of nitrogen functional groups attached to an aromatic ring is 1. The number of nitrogens with zero attached hydrogens (tertiary/aromatic N) is 6. The Morgan fingerprint density at radius 2 is 2.03 bits per heavy atom. The first-order chi connectivity index (χ1) is 15.5. The lowest BCUT2D eigenvalue weighted by atomic mass is 10.1. The Balaban J connectivity index is 1.45. The molecule has 10 nitrogen and oxygen atoms in total. The average molecular weight is 438 g/mol. The summed E-state index contributed by atoms with van der Waals surface area (Å²) in [4.78, 5) is 26.2. The van der Waals surface area contributed by atoms with Gasteiger partial charge in [-0.1, -0.05) is 12.1 Å². The number of rotatable bonds is 4. The zero-order chi connectivity index (χ0) is 22.2. The number of methoxy groups -OCH3 is 1. The molecule has 0 saturated carbocycles. The highest BCUT2D eigenvalue weighted by Crippen LogP contribution is 2.33. The number of anilines is 2. The van der Waals surface area contributed by atoms with Gasteiger partial charge in [-0.25, -0.2) is 4.98 Å². The van der Waals surface area contributed by atoms with Gasteiger partial charge in [-0.05, 0) is 25.0 Å². The maximum Gasteiger partial charge on any atom is 0.251 e. The molecule has 2 saturated heterocycles. The molecule has 0 aliphatic carbocycles. The number of hydrogen-bond acceptors (Lipinski definition) is 8. The second kappa shape index (κ2) is 8.27. The topological polar surface area (TPSA) is 112 Å². The van der Waals surface area contributed by atoms with Crippen LogP contribution < -0.4 is 15.4 Å². The van der Waals surface area contributed by atoms with Crippen molar-refractivity contribution in [1.29, 1.82) is 0 Å². The molecule has 5 rings (SSSR count). The van der Waals surface area contributed by atoms with Crippen LogP contribution in [-0.2, 0) is 16.6 Å². The molecule has 1 aromatic carbocycles. The molecular weight excluding hydrogens is 410 g/mol. The van der Waals surface area contributed by atoms with E-state index < -0.39 is 0 Å². The molecule has 0 bridgehead atoms. The fourth-order valence-corrected chi connectivity index (χ4v) is 4.33. The number of aromatic nitrogens is 4. The van der Waals surface area contributed by atoms with Crippen LogP contribution in [-0.4, -0.2) is 76.6 Å². The predicted octanol–water partition coefficient (Wildman–Crippen LogP) is 1.45. The summed E-state index contributed by atoms with van der Waals surface area (Å²) in [5.41, 5.74) is 8.45. The van der Waals surface area contributed by atoms with Crippen molar-refractivity contribution in [2.24, 2.45) is 7.05 Å². The number of carbonyl (C=O) groups excluding carboxylic acids is 1. The van der Waals surface area contributed by atoms with Crippen molar-refractivity contribution in [3.05, 3.63) is 24.3 Å². The molecule has 2 fully saturated rings. The quantitative estimate of drug-likeness (QED) is 0.653. The highest BCUT2D eigenvalue weighted by atomic mass is 16.5. The van der Waals surface area contributed by atoms with Crippen molar-refractivity contribution < 1.29 is 14.3 Å². The minimum Gasteiger partial charge on any atom is -0.497 e. The van der Waals surface area contributed by atoms with Gasteiger partial charge in [0.2, 0.25) is 5.95 Å². The monoisotopic (exact) mass is 437 g/mol. The number of ether oxygens (including phenoxy) is 2. The number of amides is 1. The number of piperazine rings is 1. The number of benzene rings is 1. The lowest BCUT2D eigenvalue weighted by Gasteiger charge is -2.35. The van der Waals surface area contributed by atoms with E-state index in [0.29, 0.717) is 55.9 Å². The Labute approximate surface area is 185 Å². The predicted molar refractivity (Wildman–Crippen MR) is 120 cm³/mol. The second-order valence-corrected chi connectivity index (χ2v) is 8.13. The largest absolute Gasteiger partial charge is 0.497 e. The smallest absolute Gasteiger partial charge is 0.251 e. The van der Waals surface area contributed by atoms with Gasteiger partial charge in [0.25, 0.3) is 5.91 Å². The van der Waals surface area contributed by atoms with Gasteiger partial charge in [0.05, 0.1) is 18.2 Å². The molecule has 0 spiro atoms. The lowest BCUT2D eigenvalue weighted by Crippen LogP contribution is -2.51. The highest BCUT2D eigenvalue weighted by Gasteiger charge is 2.31. The minimum absolute atomic E-state index is 0.0908. The van der Waals surface area contributed by atoms with E-state index in [0.717, 1.165) is 29.5 Å². The highest BCUT2D eigenvalue weighted by molar-refractivity contribution is 5.99. The molecule has 32 heavy (non-hydrogen) atoms. The van der Waals surface area contributed by atoms with Crippen LogP contribution in [0.4, 0.5) is 11.8 Å². The molecule has 10 heteroatoms. The number of nitrogens with two attached hydrogens (primary N) is 1. The Hall–Kier alpha value is -3.40. The van der Waals surface area contributed by atoms with E-state index in [1.807, 2.05) is 29.2 Å². The summed E-state index contributed by atoms with van der Waals surface area (Å²) in [6.07, 6.45) is 1.47. The Bertz CT molecular complexity index is 1150. The SMILES string of the molecule is COc1cccc(-c2nc(N3CCN(C(=O)[C@@H]4CCCO4)CC3)nc3nn(C)c(N)c23)c1. The summed E-state index contributed by atoms with van der Waals surface area (Å²) in [6.45, 7) is 3.18. The molecule has 2 N–H and O–H groups in total. The van der Waals surface area contributed by atoms with Crippen molar-refractivity contribution in [2.75, 3.05) is 50.5 Å². The summed E-state index contributed by atoms with van der Waals surface area (Å²) in [5.74, 6) is 1.92. The summed E-state index contributed by atoms with van der Waals surface area (Å²) in [5, 5.41) is 5.21. The number of fused-ring (bicyclic) bond motifs is 1. The zero-order valence-electron chi connectivity index (χ0n) is 18.3. The third-order valence-electron chi connectivity index (χ3n) is 6.15.